The van der Waals surface area contributed by atoms with Crippen LogP contribution in [-0.2, 0) is 33.8 Å². The van der Waals surface area contributed by atoms with E-state index in [-0.39, 0.29) is 5.91 Å². The van der Waals surface area contributed by atoms with E-state index in [1.54, 1.807) is 6.20 Å². The molecule has 1 aromatic heterocycles. The number of benzene rings is 1. The molecule has 2 amide bonds. The van der Waals surface area contributed by atoms with Crippen molar-refractivity contribution in [2.75, 3.05) is 0 Å². The minimum atomic E-state index is -0.661. The topological polar surface area (TPSA) is 99.2 Å². The summed E-state index contributed by atoms with van der Waals surface area (Å²) < 4.78 is 7.43. The van der Waals surface area contributed by atoms with Crippen LogP contribution in [0.2, 0.25) is 0 Å². The maximum Gasteiger partial charge on any atom is 0.249 e. The second-order valence-electron chi connectivity index (χ2n) is 6.44. The summed E-state index contributed by atoms with van der Waals surface area (Å²) in [5, 5.41) is 2.84. The Morgan fingerprint density at radius 1 is 1.23 bits per heavy atom. The predicted molar refractivity (Wildman–Crippen MR) is 95.9 cm³/mol. The zero-order valence-corrected chi connectivity index (χ0v) is 14.6. The lowest BCUT2D eigenvalue weighted by atomic mass is 10.1. The molecule has 7 nitrogen and oxygen atoms in total. The smallest absolute Gasteiger partial charge is 0.249 e. The van der Waals surface area contributed by atoms with E-state index in [1.165, 1.54) is 5.56 Å². The molecule has 0 bridgehead atoms. The highest BCUT2D eigenvalue weighted by Crippen LogP contribution is 2.19. The quantitative estimate of drug-likeness (QED) is 0.741. The number of aromatic nitrogens is 2. The number of carbonyl (C=O) groups is 2. The third kappa shape index (κ3) is 4.70. The highest BCUT2D eigenvalue weighted by Gasteiger charge is 2.33. The van der Waals surface area contributed by atoms with Gasteiger partial charge in [-0.2, -0.15) is 0 Å². The number of primary amides is 1. The van der Waals surface area contributed by atoms with E-state index >= 15 is 0 Å². The van der Waals surface area contributed by atoms with Crippen molar-refractivity contribution in [3.8, 4) is 0 Å². The SMILES string of the molecule is NC(=O)[C@H]1CC[C@@H](C(=O)NCc2nccn2CCCc2ccccc2)O1. The fourth-order valence-corrected chi connectivity index (χ4v) is 3.13. The third-order valence-electron chi connectivity index (χ3n) is 4.56. The zero-order valence-electron chi connectivity index (χ0n) is 14.6. The highest BCUT2D eigenvalue weighted by atomic mass is 16.5. The van der Waals surface area contributed by atoms with Gasteiger partial charge >= 0.3 is 0 Å². The van der Waals surface area contributed by atoms with Crippen LogP contribution in [0.25, 0.3) is 0 Å². The molecule has 1 saturated heterocycles. The van der Waals surface area contributed by atoms with E-state index in [0.29, 0.717) is 19.4 Å². The van der Waals surface area contributed by atoms with Crippen LogP contribution in [0, 0.1) is 0 Å². The molecule has 0 spiro atoms. The van der Waals surface area contributed by atoms with E-state index in [0.717, 1.165) is 25.2 Å². The van der Waals surface area contributed by atoms with Crippen LogP contribution < -0.4 is 11.1 Å². The van der Waals surface area contributed by atoms with Gasteiger partial charge in [-0.25, -0.2) is 4.98 Å². The number of nitrogens with zero attached hydrogens (tertiary/aromatic N) is 2. The van der Waals surface area contributed by atoms with Gasteiger partial charge in [0.05, 0.1) is 6.54 Å². The van der Waals surface area contributed by atoms with Gasteiger partial charge in [0.15, 0.2) is 0 Å². The van der Waals surface area contributed by atoms with Crippen molar-refractivity contribution >= 4 is 11.8 Å². The molecule has 2 atom stereocenters. The molecule has 1 aliphatic rings. The van der Waals surface area contributed by atoms with Gasteiger partial charge in [0.1, 0.15) is 18.0 Å². The van der Waals surface area contributed by atoms with Crippen LogP contribution in [0.4, 0.5) is 0 Å². The lowest BCUT2D eigenvalue weighted by molar-refractivity contribution is -0.137. The molecular formula is C19H24N4O3. The minimum Gasteiger partial charge on any atom is -0.367 e. The Labute approximate surface area is 152 Å². The summed E-state index contributed by atoms with van der Waals surface area (Å²) in [6.45, 7) is 1.17. The minimum absolute atomic E-state index is 0.229. The summed E-state index contributed by atoms with van der Waals surface area (Å²) >= 11 is 0. The molecule has 2 heterocycles. The zero-order chi connectivity index (χ0) is 18.4. The Morgan fingerprint density at radius 2 is 2.00 bits per heavy atom. The summed E-state index contributed by atoms with van der Waals surface area (Å²) in [5.41, 5.74) is 6.52. The van der Waals surface area contributed by atoms with E-state index in [2.05, 4.69) is 22.4 Å². The van der Waals surface area contributed by atoms with Crippen LogP contribution in [0.15, 0.2) is 42.7 Å². The normalized spacial score (nSPS) is 19.4. The molecule has 0 unspecified atom stereocenters. The van der Waals surface area contributed by atoms with Crippen LogP contribution in [0.1, 0.15) is 30.7 Å². The van der Waals surface area contributed by atoms with E-state index in [4.69, 9.17) is 10.5 Å². The molecule has 0 aliphatic carbocycles. The van der Waals surface area contributed by atoms with Crippen molar-refractivity contribution in [1.29, 1.82) is 0 Å². The number of aryl methyl sites for hydroxylation is 2. The Hall–Kier alpha value is -2.67. The van der Waals surface area contributed by atoms with Crippen LogP contribution >= 0.6 is 0 Å². The molecule has 1 aliphatic heterocycles. The number of hydrogen-bond acceptors (Lipinski definition) is 4. The summed E-state index contributed by atoms with van der Waals surface area (Å²) in [6.07, 6.45) is 5.36. The van der Waals surface area contributed by atoms with Crippen molar-refractivity contribution in [1.82, 2.24) is 14.9 Å². The number of rotatable bonds is 8. The van der Waals surface area contributed by atoms with Crippen molar-refractivity contribution < 1.29 is 14.3 Å². The Kier molecular flexibility index (Phi) is 6.01. The van der Waals surface area contributed by atoms with Crippen molar-refractivity contribution in [3.05, 3.63) is 54.1 Å². The van der Waals surface area contributed by atoms with Crippen molar-refractivity contribution in [2.24, 2.45) is 5.73 Å². The monoisotopic (exact) mass is 356 g/mol. The fourth-order valence-electron chi connectivity index (χ4n) is 3.13. The molecule has 3 N–H and O–H groups in total. The number of hydrogen-bond donors (Lipinski definition) is 2. The molecule has 2 aromatic rings. The first-order valence-electron chi connectivity index (χ1n) is 8.90. The average Bonchev–Trinajstić information content (AvgIpc) is 3.30. The largest absolute Gasteiger partial charge is 0.367 e. The van der Waals surface area contributed by atoms with Gasteiger partial charge < -0.3 is 20.4 Å². The van der Waals surface area contributed by atoms with Gasteiger partial charge in [0.2, 0.25) is 11.8 Å². The number of nitrogens with two attached hydrogens (primary N) is 1. The van der Waals surface area contributed by atoms with Gasteiger partial charge in [-0.3, -0.25) is 9.59 Å². The van der Waals surface area contributed by atoms with Gasteiger partial charge in [-0.05, 0) is 31.2 Å². The maximum atomic E-state index is 12.2. The van der Waals surface area contributed by atoms with Crippen molar-refractivity contribution in [2.45, 2.75) is 51.0 Å². The Balaban J connectivity index is 1.45. The summed E-state index contributed by atoms with van der Waals surface area (Å²) in [7, 11) is 0. The van der Waals surface area contributed by atoms with E-state index in [1.807, 2.05) is 29.0 Å². The summed E-state index contributed by atoms with van der Waals surface area (Å²) in [4.78, 5) is 27.6. The molecular weight excluding hydrogens is 332 g/mol. The Morgan fingerprint density at radius 3 is 2.73 bits per heavy atom. The molecule has 0 radical (unpaired) electrons. The second-order valence-corrected chi connectivity index (χ2v) is 6.44. The highest BCUT2D eigenvalue weighted by molar-refractivity contribution is 5.84. The summed E-state index contributed by atoms with van der Waals surface area (Å²) in [5.74, 6) is 0.0534. The summed E-state index contributed by atoms with van der Waals surface area (Å²) in [6, 6.07) is 10.3. The number of ether oxygens (including phenoxy) is 1. The molecule has 1 aromatic carbocycles. The Bertz CT molecular complexity index is 744. The molecule has 7 heteroatoms. The molecule has 26 heavy (non-hydrogen) atoms. The number of nitrogens with one attached hydrogen (secondary N) is 1. The van der Waals surface area contributed by atoms with E-state index in [9.17, 15) is 9.59 Å². The maximum absolute atomic E-state index is 12.2. The first-order chi connectivity index (χ1) is 12.6. The van der Waals surface area contributed by atoms with Gasteiger partial charge in [0.25, 0.3) is 0 Å². The fraction of sp³-hybridized carbons (Fsp3) is 0.421. The van der Waals surface area contributed by atoms with E-state index < -0.39 is 18.1 Å². The lowest BCUT2D eigenvalue weighted by Crippen LogP contribution is -2.36. The third-order valence-corrected chi connectivity index (χ3v) is 4.56. The molecule has 0 saturated carbocycles. The number of amides is 2. The average molecular weight is 356 g/mol. The molecule has 3 rings (SSSR count). The van der Waals surface area contributed by atoms with Crippen molar-refractivity contribution in [3.63, 3.8) is 0 Å². The predicted octanol–water partition coefficient (Wildman–Crippen LogP) is 1.17. The second kappa shape index (κ2) is 8.62. The first kappa shape index (κ1) is 18.1. The lowest BCUT2D eigenvalue weighted by Gasteiger charge is -2.13. The van der Waals surface area contributed by atoms with Crippen LogP contribution in [-0.4, -0.2) is 33.6 Å². The number of carbonyl (C=O) groups excluding carboxylic acids is 2. The van der Waals surface area contributed by atoms with Gasteiger partial charge in [0, 0.05) is 18.9 Å². The van der Waals surface area contributed by atoms with Gasteiger partial charge in [-0.1, -0.05) is 30.3 Å². The molecule has 1 fully saturated rings. The van der Waals surface area contributed by atoms with Gasteiger partial charge in [-0.15, -0.1) is 0 Å². The first-order valence-corrected chi connectivity index (χ1v) is 8.90. The van der Waals surface area contributed by atoms with Crippen LogP contribution in [0.5, 0.6) is 0 Å². The molecule has 138 valence electrons. The van der Waals surface area contributed by atoms with Crippen LogP contribution in [0.3, 0.4) is 0 Å². The standard InChI is InChI=1S/C19H24N4O3/c20-18(24)15-8-9-16(26-15)19(25)22-13-17-21-10-12-23(17)11-4-7-14-5-2-1-3-6-14/h1-3,5-6,10,12,15-16H,4,7-9,11,13H2,(H2,20,24)(H,22,25)/t15-,16+/m1/s1. The number of imidazole rings is 1.